The van der Waals surface area contributed by atoms with E-state index in [1.165, 1.54) is 6.33 Å². The molecule has 1 aromatic carbocycles. The Hall–Kier alpha value is -3.14. The lowest BCUT2D eigenvalue weighted by atomic mass is 10.2. The van der Waals surface area contributed by atoms with Crippen LogP contribution in [0, 0.1) is 10.1 Å². The first-order valence-electron chi connectivity index (χ1n) is 9.63. The van der Waals surface area contributed by atoms with Crippen LogP contribution in [0.1, 0.15) is 0 Å². The molecule has 154 valence electrons. The van der Waals surface area contributed by atoms with Gasteiger partial charge in [-0.3, -0.25) is 10.1 Å². The van der Waals surface area contributed by atoms with E-state index in [9.17, 15) is 10.1 Å². The van der Waals surface area contributed by atoms with Crippen molar-refractivity contribution in [2.24, 2.45) is 0 Å². The van der Waals surface area contributed by atoms with Gasteiger partial charge in [-0.2, -0.15) is 0 Å². The van der Waals surface area contributed by atoms with E-state index in [0.29, 0.717) is 51.0 Å². The third-order valence-corrected chi connectivity index (χ3v) is 5.29. The minimum absolute atomic E-state index is 0.0210. The highest BCUT2D eigenvalue weighted by molar-refractivity contribution is 5.71. The maximum atomic E-state index is 11.9. The molecule has 2 fully saturated rings. The first-order chi connectivity index (χ1) is 14.2. The average molecular weight is 400 g/mol. The molecule has 0 N–H and O–H groups in total. The van der Waals surface area contributed by atoms with Crippen LogP contribution >= 0.6 is 0 Å². The quantitative estimate of drug-likeness (QED) is 0.547. The van der Waals surface area contributed by atoms with Gasteiger partial charge in [0.15, 0.2) is 0 Å². The Morgan fingerprint density at radius 2 is 1.48 bits per heavy atom. The normalized spacial score (nSPS) is 17.3. The smallest absolute Gasteiger partial charge is 0.353 e. The summed E-state index contributed by atoms with van der Waals surface area (Å²) >= 11 is 0. The number of anilines is 3. The van der Waals surface area contributed by atoms with Crippen molar-refractivity contribution < 1.29 is 14.4 Å². The topological polar surface area (TPSA) is 97.1 Å². The molecule has 2 aliphatic rings. The third kappa shape index (κ3) is 4.02. The van der Waals surface area contributed by atoms with Crippen molar-refractivity contribution in [3.8, 4) is 5.75 Å². The number of benzene rings is 1. The summed E-state index contributed by atoms with van der Waals surface area (Å²) in [5.41, 5.74) is 1.09. The lowest BCUT2D eigenvalue weighted by Gasteiger charge is -2.36. The third-order valence-electron chi connectivity index (χ3n) is 5.29. The summed E-state index contributed by atoms with van der Waals surface area (Å²) in [5, 5.41) is 11.9. The van der Waals surface area contributed by atoms with Crippen LogP contribution in [0.4, 0.5) is 23.0 Å². The predicted molar refractivity (Wildman–Crippen MR) is 109 cm³/mol. The summed E-state index contributed by atoms with van der Waals surface area (Å²) in [6.45, 7) is 5.04. The fourth-order valence-electron chi connectivity index (χ4n) is 3.73. The monoisotopic (exact) mass is 400 g/mol. The van der Waals surface area contributed by atoms with Gasteiger partial charge < -0.3 is 24.2 Å². The first kappa shape index (κ1) is 19.2. The summed E-state index contributed by atoms with van der Waals surface area (Å²) in [6.07, 6.45) is 1.42. The molecule has 0 saturated carbocycles. The molecule has 3 heterocycles. The van der Waals surface area contributed by atoms with Crippen molar-refractivity contribution in [2.45, 2.75) is 0 Å². The van der Waals surface area contributed by atoms with Crippen molar-refractivity contribution in [3.63, 3.8) is 0 Å². The van der Waals surface area contributed by atoms with E-state index in [2.05, 4.69) is 14.9 Å². The Morgan fingerprint density at radius 3 is 2.03 bits per heavy atom. The van der Waals surface area contributed by atoms with E-state index in [0.717, 1.165) is 24.5 Å². The highest BCUT2D eigenvalue weighted by Gasteiger charge is 2.32. The standard InChI is InChI=1S/C19H24N6O4/c1-28-16-4-2-15(3-5-16)22-6-8-23(9-7-22)18-17(25(26)27)19(21-14-20-18)24-10-12-29-13-11-24/h2-5,14H,6-13H2,1H3. The molecule has 0 spiro atoms. The molecule has 0 amide bonds. The number of morpholine rings is 1. The molecule has 0 unspecified atom stereocenters. The van der Waals surface area contributed by atoms with Crippen LogP contribution in [0.2, 0.25) is 0 Å². The number of ether oxygens (including phenoxy) is 2. The number of rotatable bonds is 5. The molecule has 1 aromatic heterocycles. The van der Waals surface area contributed by atoms with Gasteiger partial charge in [0, 0.05) is 45.0 Å². The summed E-state index contributed by atoms with van der Waals surface area (Å²) < 4.78 is 10.6. The molecular formula is C19H24N6O4. The molecule has 2 aliphatic heterocycles. The molecule has 0 radical (unpaired) electrons. The van der Waals surface area contributed by atoms with Crippen molar-refractivity contribution in [3.05, 3.63) is 40.7 Å². The number of aromatic nitrogens is 2. The highest BCUT2D eigenvalue weighted by atomic mass is 16.6. The molecule has 0 atom stereocenters. The average Bonchev–Trinajstić information content (AvgIpc) is 2.79. The second-order valence-corrected chi connectivity index (χ2v) is 6.90. The van der Waals surface area contributed by atoms with Crippen molar-refractivity contribution in [2.75, 3.05) is 74.3 Å². The Morgan fingerprint density at radius 1 is 0.931 bits per heavy atom. The molecule has 2 aromatic rings. The van der Waals surface area contributed by atoms with Gasteiger partial charge in [0.1, 0.15) is 12.1 Å². The molecule has 10 heteroatoms. The molecular weight excluding hydrogens is 376 g/mol. The Kier molecular flexibility index (Phi) is 5.61. The van der Waals surface area contributed by atoms with Gasteiger partial charge in [-0.15, -0.1) is 0 Å². The van der Waals surface area contributed by atoms with Gasteiger partial charge in [0.05, 0.1) is 25.2 Å². The predicted octanol–water partition coefficient (Wildman–Crippen LogP) is 1.56. The van der Waals surface area contributed by atoms with Crippen LogP contribution in [-0.4, -0.2) is 74.5 Å². The summed E-state index contributed by atoms with van der Waals surface area (Å²) in [7, 11) is 1.65. The maximum absolute atomic E-state index is 11.9. The van der Waals surface area contributed by atoms with Crippen LogP contribution in [-0.2, 0) is 4.74 Å². The number of hydrogen-bond donors (Lipinski definition) is 0. The molecule has 4 rings (SSSR count). The van der Waals surface area contributed by atoms with Crippen LogP contribution in [0.5, 0.6) is 5.75 Å². The van der Waals surface area contributed by atoms with E-state index in [1.807, 2.05) is 34.1 Å². The highest BCUT2D eigenvalue weighted by Crippen LogP contribution is 2.35. The number of piperazine rings is 1. The van der Waals surface area contributed by atoms with Gasteiger partial charge in [-0.1, -0.05) is 0 Å². The van der Waals surface area contributed by atoms with Crippen LogP contribution in [0.15, 0.2) is 30.6 Å². The van der Waals surface area contributed by atoms with Gasteiger partial charge in [-0.25, -0.2) is 9.97 Å². The van der Waals surface area contributed by atoms with Crippen molar-refractivity contribution in [1.29, 1.82) is 0 Å². The molecule has 29 heavy (non-hydrogen) atoms. The minimum Gasteiger partial charge on any atom is -0.497 e. The van der Waals surface area contributed by atoms with E-state index >= 15 is 0 Å². The van der Waals surface area contributed by atoms with E-state index in [-0.39, 0.29) is 10.6 Å². The fraction of sp³-hybridized carbons (Fsp3) is 0.474. The number of nitrogens with zero attached hydrogens (tertiary/aromatic N) is 6. The second kappa shape index (κ2) is 8.48. The van der Waals surface area contributed by atoms with Crippen molar-refractivity contribution in [1.82, 2.24) is 9.97 Å². The lowest BCUT2D eigenvalue weighted by Crippen LogP contribution is -2.47. The Balaban J connectivity index is 1.52. The van der Waals surface area contributed by atoms with Crippen LogP contribution < -0.4 is 19.4 Å². The first-order valence-corrected chi connectivity index (χ1v) is 9.63. The zero-order valence-corrected chi connectivity index (χ0v) is 16.4. The van der Waals surface area contributed by atoms with Gasteiger partial charge in [0.25, 0.3) is 0 Å². The zero-order valence-electron chi connectivity index (χ0n) is 16.4. The zero-order chi connectivity index (χ0) is 20.2. The minimum atomic E-state index is -0.365. The van der Waals surface area contributed by atoms with Crippen molar-refractivity contribution >= 4 is 23.0 Å². The Labute approximate surface area is 168 Å². The van der Waals surface area contributed by atoms with Gasteiger partial charge in [-0.05, 0) is 24.3 Å². The number of nitro groups is 1. The Bertz CT molecular complexity index is 848. The van der Waals surface area contributed by atoms with E-state index < -0.39 is 0 Å². The lowest BCUT2D eigenvalue weighted by molar-refractivity contribution is -0.383. The SMILES string of the molecule is COc1ccc(N2CCN(c3ncnc(N4CCOCC4)c3[N+](=O)[O-])CC2)cc1. The summed E-state index contributed by atoms with van der Waals surface area (Å²) in [5.74, 6) is 1.58. The van der Waals surface area contributed by atoms with Gasteiger partial charge in [0.2, 0.25) is 11.6 Å². The second-order valence-electron chi connectivity index (χ2n) is 6.90. The summed E-state index contributed by atoms with van der Waals surface area (Å²) in [4.78, 5) is 26.2. The summed E-state index contributed by atoms with van der Waals surface area (Å²) in [6, 6.07) is 7.92. The van der Waals surface area contributed by atoms with Gasteiger partial charge >= 0.3 is 5.69 Å². The number of methoxy groups -OCH3 is 1. The number of hydrogen-bond acceptors (Lipinski definition) is 9. The fourth-order valence-corrected chi connectivity index (χ4v) is 3.73. The molecule has 2 saturated heterocycles. The maximum Gasteiger partial charge on any atom is 0.353 e. The van der Waals surface area contributed by atoms with E-state index in [1.54, 1.807) is 7.11 Å². The molecule has 0 aliphatic carbocycles. The largest absolute Gasteiger partial charge is 0.497 e. The van der Waals surface area contributed by atoms with E-state index in [4.69, 9.17) is 9.47 Å². The van der Waals surface area contributed by atoms with Crippen LogP contribution in [0.3, 0.4) is 0 Å². The molecule has 10 nitrogen and oxygen atoms in total. The molecule has 0 bridgehead atoms. The van der Waals surface area contributed by atoms with Crippen LogP contribution in [0.25, 0.3) is 0 Å².